The van der Waals surface area contributed by atoms with Crippen molar-refractivity contribution in [2.75, 3.05) is 20.3 Å². The van der Waals surface area contributed by atoms with Crippen LogP contribution in [0.15, 0.2) is 51.7 Å². The molecule has 1 amide bonds. The highest BCUT2D eigenvalue weighted by Gasteiger charge is 2.29. The van der Waals surface area contributed by atoms with Crippen LogP contribution in [0.25, 0.3) is 22.2 Å². The second-order valence-electron chi connectivity index (χ2n) is 8.89. The lowest BCUT2D eigenvalue weighted by Crippen LogP contribution is -2.48. The number of carbonyl (C=O) groups excluding carboxylic acids is 1. The molecule has 3 aromatic rings. The minimum absolute atomic E-state index is 0.129. The SMILES string of the molecule is COCCCn1c(=O)oc2ccc(-c3ccc(CC(C#N)C4CCC(C(N)=O)NC4)cc3)cc21. The number of rotatable bonds is 9. The van der Waals surface area contributed by atoms with Crippen molar-refractivity contribution in [2.45, 2.75) is 38.3 Å². The van der Waals surface area contributed by atoms with E-state index in [4.69, 9.17) is 14.9 Å². The molecule has 3 N–H and O–H groups in total. The van der Waals surface area contributed by atoms with E-state index in [-0.39, 0.29) is 29.5 Å². The highest BCUT2D eigenvalue weighted by molar-refractivity contribution is 5.81. The fraction of sp³-hybridized carbons (Fsp3) is 0.423. The maximum absolute atomic E-state index is 12.2. The first-order valence-electron chi connectivity index (χ1n) is 11.6. The van der Waals surface area contributed by atoms with E-state index < -0.39 is 0 Å². The van der Waals surface area contributed by atoms with Gasteiger partial charge in [-0.2, -0.15) is 5.26 Å². The van der Waals surface area contributed by atoms with E-state index in [0.29, 0.717) is 38.1 Å². The van der Waals surface area contributed by atoms with Crippen molar-refractivity contribution < 1.29 is 13.9 Å². The number of benzene rings is 2. The average Bonchev–Trinajstić information content (AvgIpc) is 3.17. The van der Waals surface area contributed by atoms with Gasteiger partial charge in [-0.3, -0.25) is 9.36 Å². The van der Waals surface area contributed by atoms with E-state index in [2.05, 4.69) is 11.4 Å². The molecule has 1 aliphatic rings. The fourth-order valence-electron chi connectivity index (χ4n) is 4.69. The Bertz CT molecular complexity index is 1230. The van der Waals surface area contributed by atoms with Gasteiger partial charge in [0.1, 0.15) is 0 Å². The number of carbonyl (C=O) groups is 1. The number of ether oxygens (including phenoxy) is 1. The van der Waals surface area contributed by atoms with E-state index in [1.165, 1.54) is 0 Å². The van der Waals surface area contributed by atoms with Gasteiger partial charge in [0.05, 0.1) is 23.5 Å². The second-order valence-corrected chi connectivity index (χ2v) is 8.89. The van der Waals surface area contributed by atoms with Gasteiger partial charge in [0.2, 0.25) is 5.91 Å². The number of aryl methyl sites for hydroxylation is 1. The quantitative estimate of drug-likeness (QED) is 0.471. The summed E-state index contributed by atoms with van der Waals surface area (Å²) in [5.74, 6) is -0.627. The number of fused-ring (bicyclic) bond motifs is 1. The Morgan fingerprint density at radius 1 is 1.26 bits per heavy atom. The van der Waals surface area contributed by atoms with Gasteiger partial charge in [-0.05, 0) is 67.0 Å². The molecule has 34 heavy (non-hydrogen) atoms. The Hall–Kier alpha value is -3.41. The molecule has 8 nitrogen and oxygen atoms in total. The van der Waals surface area contributed by atoms with Gasteiger partial charge in [-0.25, -0.2) is 4.79 Å². The van der Waals surface area contributed by atoms with Gasteiger partial charge >= 0.3 is 5.76 Å². The van der Waals surface area contributed by atoms with Crippen LogP contribution in [0.3, 0.4) is 0 Å². The van der Waals surface area contributed by atoms with Crippen LogP contribution in [0.4, 0.5) is 0 Å². The highest BCUT2D eigenvalue weighted by Crippen LogP contribution is 2.28. The number of nitrogens with one attached hydrogen (secondary N) is 1. The minimum Gasteiger partial charge on any atom is -0.408 e. The molecule has 3 atom stereocenters. The van der Waals surface area contributed by atoms with E-state index in [0.717, 1.165) is 35.0 Å². The number of hydrogen-bond acceptors (Lipinski definition) is 6. The van der Waals surface area contributed by atoms with Crippen molar-refractivity contribution >= 4 is 17.0 Å². The molecule has 1 fully saturated rings. The number of nitrogens with zero attached hydrogens (tertiary/aromatic N) is 2. The van der Waals surface area contributed by atoms with Gasteiger partial charge in [0.25, 0.3) is 0 Å². The standard InChI is InChI=1S/C26H30N4O4/c1-33-12-2-11-30-23-14-19(8-10-24(23)34-26(30)32)18-5-3-17(4-6-18)13-21(15-27)20-7-9-22(25(28)31)29-16-20/h3-6,8,10,14,20-22,29H,2,7,9,11-13,16H2,1H3,(H2,28,31). The summed E-state index contributed by atoms with van der Waals surface area (Å²) in [6.07, 6.45) is 2.87. The van der Waals surface area contributed by atoms with Crippen LogP contribution in [0.2, 0.25) is 0 Å². The lowest BCUT2D eigenvalue weighted by Gasteiger charge is -2.30. The molecular formula is C26H30N4O4. The normalized spacial score (nSPS) is 19.1. The molecule has 178 valence electrons. The van der Waals surface area contributed by atoms with Crippen LogP contribution in [0.1, 0.15) is 24.8 Å². The summed E-state index contributed by atoms with van der Waals surface area (Å²) >= 11 is 0. The molecule has 2 heterocycles. The van der Waals surface area contributed by atoms with Crippen LogP contribution >= 0.6 is 0 Å². The van der Waals surface area contributed by atoms with Crippen LogP contribution in [0.5, 0.6) is 0 Å². The maximum Gasteiger partial charge on any atom is 0.419 e. The summed E-state index contributed by atoms with van der Waals surface area (Å²) < 4.78 is 12.1. The van der Waals surface area contributed by atoms with Crippen LogP contribution in [0, 0.1) is 23.2 Å². The second kappa shape index (κ2) is 10.7. The summed E-state index contributed by atoms with van der Waals surface area (Å²) in [6.45, 7) is 1.74. The molecule has 2 aromatic carbocycles. The van der Waals surface area contributed by atoms with Crippen LogP contribution in [-0.2, 0) is 22.5 Å². The molecule has 8 heteroatoms. The van der Waals surface area contributed by atoms with Crippen molar-refractivity contribution in [1.29, 1.82) is 5.26 Å². The zero-order valence-corrected chi connectivity index (χ0v) is 19.3. The van der Waals surface area contributed by atoms with Crippen molar-refractivity contribution in [3.05, 3.63) is 58.6 Å². The summed E-state index contributed by atoms with van der Waals surface area (Å²) in [7, 11) is 1.64. The van der Waals surface area contributed by atoms with Gasteiger partial charge in [-0.15, -0.1) is 0 Å². The van der Waals surface area contributed by atoms with Crippen molar-refractivity contribution in [1.82, 2.24) is 9.88 Å². The molecule has 1 aromatic heterocycles. The molecule has 4 rings (SSSR count). The monoisotopic (exact) mass is 462 g/mol. The molecule has 0 aliphatic carbocycles. The molecule has 1 saturated heterocycles. The molecule has 3 unspecified atom stereocenters. The first-order chi connectivity index (χ1) is 16.5. The van der Waals surface area contributed by atoms with Crippen molar-refractivity contribution in [3.63, 3.8) is 0 Å². The van der Waals surface area contributed by atoms with Gasteiger partial charge in [0, 0.05) is 20.3 Å². The average molecular weight is 463 g/mol. The summed E-state index contributed by atoms with van der Waals surface area (Å²) in [4.78, 5) is 23.6. The lowest BCUT2D eigenvalue weighted by atomic mass is 9.81. The first kappa shape index (κ1) is 23.7. The zero-order chi connectivity index (χ0) is 24.1. The number of hydrogen-bond donors (Lipinski definition) is 2. The highest BCUT2D eigenvalue weighted by atomic mass is 16.5. The van der Waals surface area contributed by atoms with E-state index in [9.17, 15) is 14.9 Å². The largest absolute Gasteiger partial charge is 0.419 e. The number of primary amides is 1. The topological polar surface area (TPSA) is 123 Å². The summed E-state index contributed by atoms with van der Waals surface area (Å²) in [5, 5.41) is 12.9. The van der Waals surface area contributed by atoms with E-state index in [1.807, 2.05) is 42.5 Å². The van der Waals surface area contributed by atoms with Crippen molar-refractivity contribution in [2.24, 2.45) is 17.6 Å². The third-order valence-electron chi connectivity index (χ3n) is 6.67. The minimum atomic E-state index is -0.361. The van der Waals surface area contributed by atoms with E-state index >= 15 is 0 Å². The third kappa shape index (κ3) is 5.22. The first-order valence-corrected chi connectivity index (χ1v) is 11.6. The Morgan fingerprint density at radius 3 is 2.68 bits per heavy atom. The molecule has 0 spiro atoms. The fourth-order valence-corrected chi connectivity index (χ4v) is 4.69. The number of methoxy groups -OCH3 is 1. The summed E-state index contributed by atoms with van der Waals surface area (Å²) in [6, 6.07) is 16.1. The Balaban J connectivity index is 1.47. The number of oxazole rings is 1. The lowest BCUT2D eigenvalue weighted by molar-refractivity contribution is -0.120. The molecular weight excluding hydrogens is 432 g/mol. The number of piperidine rings is 1. The molecule has 0 saturated carbocycles. The Labute approximate surface area is 198 Å². The van der Waals surface area contributed by atoms with Gasteiger partial charge < -0.3 is 20.2 Å². The third-order valence-corrected chi connectivity index (χ3v) is 6.67. The number of nitrogens with two attached hydrogens (primary N) is 1. The predicted octanol–water partition coefficient (Wildman–Crippen LogP) is 2.83. The van der Waals surface area contributed by atoms with Crippen LogP contribution < -0.4 is 16.8 Å². The number of amides is 1. The Kier molecular flexibility index (Phi) is 7.46. The molecule has 0 radical (unpaired) electrons. The van der Waals surface area contributed by atoms with Crippen molar-refractivity contribution in [3.8, 4) is 17.2 Å². The predicted molar refractivity (Wildman–Crippen MR) is 129 cm³/mol. The molecule has 1 aliphatic heterocycles. The molecule has 0 bridgehead atoms. The maximum atomic E-state index is 12.2. The van der Waals surface area contributed by atoms with Gasteiger partial charge in [0.15, 0.2) is 5.58 Å². The zero-order valence-electron chi connectivity index (χ0n) is 19.3. The van der Waals surface area contributed by atoms with Crippen LogP contribution in [-0.4, -0.2) is 36.8 Å². The Morgan fingerprint density at radius 2 is 2.03 bits per heavy atom. The smallest absolute Gasteiger partial charge is 0.408 e. The number of nitriles is 1. The van der Waals surface area contributed by atoms with Gasteiger partial charge in [-0.1, -0.05) is 30.3 Å². The summed E-state index contributed by atoms with van der Waals surface area (Å²) in [5.41, 5.74) is 9.83. The number of aromatic nitrogens is 1. The van der Waals surface area contributed by atoms with E-state index in [1.54, 1.807) is 11.7 Å².